The fraction of sp³-hybridized carbons (Fsp3) is 0.350. The van der Waals surface area contributed by atoms with Gasteiger partial charge in [0.25, 0.3) is 5.91 Å². The first kappa shape index (κ1) is 17.5. The average molecular weight is 418 g/mol. The van der Waals surface area contributed by atoms with E-state index in [4.69, 9.17) is 4.74 Å². The molecule has 1 amide bonds. The smallest absolute Gasteiger partial charge is 0.351 e. The summed E-state index contributed by atoms with van der Waals surface area (Å²) in [5.74, 6) is -2.08. The highest BCUT2D eigenvalue weighted by Gasteiger charge is 2.35. The van der Waals surface area contributed by atoms with Gasteiger partial charge in [-0.2, -0.15) is 0 Å². The molecule has 26 heavy (non-hydrogen) atoms. The molecule has 5 nitrogen and oxygen atoms in total. The highest BCUT2D eigenvalue weighted by atomic mass is 79.9. The highest BCUT2D eigenvalue weighted by molar-refractivity contribution is 9.10. The number of aliphatic hydroxyl groups is 2. The van der Waals surface area contributed by atoms with Gasteiger partial charge in [0.1, 0.15) is 5.75 Å². The van der Waals surface area contributed by atoms with E-state index in [1.165, 1.54) is 12.8 Å². The van der Waals surface area contributed by atoms with Crippen LogP contribution in [0.5, 0.6) is 5.75 Å². The van der Waals surface area contributed by atoms with Crippen LogP contribution in [-0.2, 0) is 12.5 Å². The monoisotopic (exact) mass is 417 g/mol. The van der Waals surface area contributed by atoms with Crippen LogP contribution < -0.4 is 4.74 Å². The molecular weight excluding hydrogens is 398 g/mol. The molecule has 136 valence electrons. The lowest BCUT2D eigenvalue weighted by Gasteiger charge is -2.23. The number of nitrogens with zero attached hydrogens (tertiary/aromatic N) is 1. The van der Waals surface area contributed by atoms with Crippen molar-refractivity contribution in [2.75, 3.05) is 0 Å². The van der Waals surface area contributed by atoms with E-state index in [2.05, 4.69) is 15.9 Å². The molecule has 2 aromatic carbocycles. The second kappa shape index (κ2) is 6.68. The van der Waals surface area contributed by atoms with Crippen LogP contribution in [0.1, 0.15) is 47.2 Å². The number of amides is 1. The number of carbonyl (C=O) groups excluding carboxylic acids is 1. The van der Waals surface area contributed by atoms with E-state index < -0.39 is 5.97 Å². The third-order valence-electron chi connectivity index (χ3n) is 5.13. The van der Waals surface area contributed by atoms with E-state index in [9.17, 15) is 15.0 Å². The first-order valence-electron chi connectivity index (χ1n) is 8.78. The van der Waals surface area contributed by atoms with E-state index >= 15 is 0 Å². The summed E-state index contributed by atoms with van der Waals surface area (Å²) in [4.78, 5) is 14.6. The molecule has 0 saturated heterocycles. The number of rotatable bonds is 4. The zero-order chi connectivity index (χ0) is 18.3. The van der Waals surface area contributed by atoms with Crippen molar-refractivity contribution in [3.8, 4) is 5.75 Å². The van der Waals surface area contributed by atoms with Crippen molar-refractivity contribution in [2.24, 2.45) is 0 Å². The summed E-state index contributed by atoms with van der Waals surface area (Å²) in [6.45, 7) is 0.552. The molecule has 1 aliphatic heterocycles. The first-order valence-corrected chi connectivity index (χ1v) is 9.57. The van der Waals surface area contributed by atoms with Crippen LogP contribution in [0.2, 0.25) is 0 Å². The molecule has 0 atom stereocenters. The Balaban J connectivity index is 1.55. The van der Waals surface area contributed by atoms with Crippen molar-refractivity contribution in [3.63, 3.8) is 0 Å². The molecule has 1 saturated carbocycles. The fourth-order valence-electron chi connectivity index (χ4n) is 3.81. The molecule has 1 fully saturated rings. The molecule has 0 aromatic heterocycles. The third-order valence-corrected chi connectivity index (χ3v) is 5.63. The highest BCUT2D eigenvalue weighted by Crippen LogP contribution is 2.34. The largest absolute Gasteiger partial charge is 0.436 e. The van der Waals surface area contributed by atoms with Gasteiger partial charge in [-0.05, 0) is 54.8 Å². The molecule has 2 aliphatic rings. The van der Waals surface area contributed by atoms with Gasteiger partial charge in [-0.1, -0.05) is 34.8 Å². The lowest BCUT2D eigenvalue weighted by molar-refractivity contribution is -0.304. The Hall–Kier alpha value is -1.89. The Morgan fingerprint density at radius 1 is 1.12 bits per heavy atom. The molecule has 0 unspecified atom stereocenters. The Morgan fingerprint density at radius 2 is 1.88 bits per heavy atom. The van der Waals surface area contributed by atoms with Gasteiger partial charge < -0.3 is 19.8 Å². The molecule has 2 N–H and O–H groups in total. The van der Waals surface area contributed by atoms with Gasteiger partial charge in [-0.3, -0.25) is 4.79 Å². The minimum Gasteiger partial charge on any atom is -0.436 e. The van der Waals surface area contributed by atoms with Crippen molar-refractivity contribution in [1.82, 2.24) is 4.90 Å². The molecule has 0 spiro atoms. The van der Waals surface area contributed by atoms with Gasteiger partial charge in [-0.15, -0.1) is 0 Å². The number of halogens is 1. The van der Waals surface area contributed by atoms with E-state index in [0.717, 1.165) is 22.9 Å². The molecule has 4 rings (SSSR count). The molecular formula is C20H20BrNO4. The lowest BCUT2D eigenvalue weighted by atomic mass is 10.1. The van der Waals surface area contributed by atoms with Crippen LogP contribution in [0.4, 0.5) is 0 Å². The maximum Gasteiger partial charge on any atom is 0.351 e. The Kier molecular flexibility index (Phi) is 4.50. The summed E-state index contributed by atoms with van der Waals surface area (Å²) < 4.78 is 6.14. The first-order chi connectivity index (χ1) is 12.4. The van der Waals surface area contributed by atoms with Crippen molar-refractivity contribution in [3.05, 3.63) is 63.6 Å². The second-order valence-corrected chi connectivity index (χ2v) is 7.83. The van der Waals surface area contributed by atoms with Gasteiger partial charge >= 0.3 is 5.97 Å². The Morgan fingerprint density at radius 3 is 2.62 bits per heavy atom. The predicted octanol–water partition coefficient (Wildman–Crippen LogP) is 3.52. The Labute approximate surface area is 160 Å². The summed E-state index contributed by atoms with van der Waals surface area (Å²) in [6.07, 6.45) is 4.46. The zero-order valence-corrected chi connectivity index (χ0v) is 15.8. The number of hydrogen-bond acceptors (Lipinski definition) is 4. The van der Waals surface area contributed by atoms with E-state index in [1.807, 2.05) is 4.90 Å². The number of carbonyl (C=O) groups is 1. The van der Waals surface area contributed by atoms with E-state index in [-0.39, 0.29) is 11.5 Å². The van der Waals surface area contributed by atoms with Gasteiger partial charge in [0.2, 0.25) is 0 Å². The minimum absolute atomic E-state index is 0.0599. The molecule has 6 heteroatoms. The maximum absolute atomic E-state index is 12.6. The SMILES string of the molecule is O=C1c2ccc(OC(O)(O)c3cccc(Br)c3)cc2CN1C1CCCC1. The normalized spacial score (nSPS) is 17.7. The van der Waals surface area contributed by atoms with Gasteiger partial charge in [-0.25, -0.2) is 0 Å². The molecule has 0 bridgehead atoms. The molecule has 0 radical (unpaired) electrons. The summed E-state index contributed by atoms with van der Waals surface area (Å²) in [6, 6.07) is 12.0. The predicted molar refractivity (Wildman–Crippen MR) is 99.5 cm³/mol. The maximum atomic E-state index is 12.6. The summed E-state index contributed by atoms with van der Waals surface area (Å²) in [5, 5.41) is 20.6. The van der Waals surface area contributed by atoms with Crippen molar-refractivity contribution >= 4 is 21.8 Å². The summed E-state index contributed by atoms with van der Waals surface area (Å²) >= 11 is 3.31. The standard InChI is InChI=1S/C20H20BrNO4/c21-15-5-3-4-14(11-15)20(24,25)26-17-8-9-18-13(10-17)12-22(19(18)23)16-6-1-2-7-16/h3-5,8-11,16,24-25H,1-2,6-7,12H2. The third kappa shape index (κ3) is 3.24. The number of benzene rings is 2. The van der Waals surface area contributed by atoms with E-state index in [1.54, 1.807) is 42.5 Å². The van der Waals surface area contributed by atoms with Crippen molar-refractivity contribution < 1.29 is 19.7 Å². The van der Waals surface area contributed by atoms with Gasteiger partial charge in [0, 0.05) is 22.6 Å². The summed E-state index contributed by atoms with van der Waals surface area (Å²) in [7, 11) is 0. The molecule has 1 aliphatic carbocycles. The van der Waals surface area contributed by atoms with E-state index in [0.29, 0.717) is 23.9 Å². The minimum atomic E-state index is -2.45. The molecule has 2 aromatic rings. The van der Waals surface area contributed by atoms with Crippen LogP contribution in [-0.4, -0.2) is 27.1 Å². The van der Waals surface area contributed by atoms with Crippen LogP contribution in [0, 0.1) is 0 Å². The number of ether oxygens (including phenoxy) is 1. The average Bonchev–Trinajstić information content (AvgIpc) is 3.23. The van der Waals surface area contributed by atoms with Gasteiger partial charge in [0.05, 0.1) is 5.56 Å². The second-order valence-electron chi connectivity index (χ2n) is 6.91. The van der Waals surface area contributed by atoms with Crippen molar-refractivity contribution in [1.29, 1.82) is 0 Å². The van der Waals surface area contributed by atoms with Crippen LogP contribution >= 0.6 is 15.9 Å². The fourth-order valence-corrected chi connectivity index (χ4v) is 4.21. The van der Waals surface area contributed by atoms with Gasteiger partial charge in [0.15, 0.2) is 0 Å². The van der Waals surface area contributed by atoms with Crippen LogP contribution in [0.25, 0.3) is 0 Å². The summed E-state index contributed by atoms with van der Waals surface area (Å²) in [5.41, 5.74) is 1.76. The quantitative estimate of drug-likeness (QED) is 0.746. The molecule has 1 heterocycles. The number of hydrogen-bond donors (Lipinski definition) is 2. The van der Waals surface area contributed by atoms with Crippen LogP contribution in [0.3, 0.4) is 0 Å². The zero-order valence-electron chi connectivity index (χ0n) is 14.2. The Bertz CT molecular complexity index is 845. The van der Waals surface area contributed by atoms with Crippen LogP contribution in [0.15, 0.2) is 46.9 Å². The lowest BCUT2D eigenvalue weighted by Crippen LogP contribution is -2.33. The topological polar surface area (TPSA) is 70.0 Å². The van der Waals surface area contributed by atoms with Crippen molar-refractivity contribution in [2.45, 2.75) is 44.2 Å². The number of fused-ring (bicyclic) bond motifs is 1.